The van der Waals surface area contributed by atoms with Crippen LogP contribution in [0.25, 0.3) is 11.3 Å². The van der Waals surface area contributed by atoms with Crippen LogP contribution in [0, 0.1) is 12.8 Å². The highest BCUT2D eigenvalue weighted by Crippen LogP contribution is 2.32. The Hall–Kier alpha value is -2.86. The van der Waals surface area contributed by atoms with E-state index in [1.807, 2.05) is 55.5 Å². The molecule has 138 valence electrons. The number of amides is 1. The molecule has 0 spiro atoms. The van der Waals surface area contributed by atoms with E-state index in [9.17, 15) is 4.79 Å². The number of carbonyl (C=O) groups excluding carboxylic acids is 1. The number of fused-ring (bicyclic) bond motifs is 1. The highest BCUT2D eigenvalue weighted by Gasteiger charge is 2.26. The van der Waals surface area contributed by atoms with Crippen LogP contribution in [0.3, 0.4) is 0 Å². The first-order chi connectivity index (χ1) is 13.1. The van der Waals surface area contributed by atoms with Crippen LogP contribution in [-0.2, 0) is 11.2 Å². The van der Waals surface area contributed by atoms with Gasteiger partial charge in [-0.2, -0.15) is 0 Å². The van der Waals surface area contributed by atoms with Crippen LogP contribution in [0.5, 0.6) is 11.5 Å². The second-order valence-corrected chi connectivity index (χ2v) is 7.66. The number of hydrogen-bond acceptors (Lipinski definition) is 5. The van der Waals surface area contributed by atoms with Crippen molar-refractivity contribution in [3.05, 3.63) is 59.0 Å². The van der Waals surface area contributed by atoms with Gasteiger partial charge in [-0.3, -0.25) is 4.79 Å². The van der Waals surface area contributed by atoms with Crippen molar-refractivity contribution in [3.8, 4) is 22.8 Å². The molecule has 5 nitrogen and oxygen atoms in total. The number of methoxy groups -OCH3 is 1. The Morgan fingerprint density at radius 3 is 2.78 bits per heavy atom. The zero-order valence-corrected chi connectivity index (χ0v) is 16.0. The molecule has 0 saturated carbocycles. The van der Waals surface area contributed by atoms with E-state index in [2.05, 4.69) is 10.3 Å². The minimum absolute atomic E-state index is 0.0560. The molecule has 27 heavy (non-hydrogen) atoms. The van der Waals surface area contributed by atoms with Crippen LogP contribution < -0.4 is 14.8 Å². The lowest BCUT2D eigenvalue weighted by Gasteiger charge is -2.24. The van der Waals surface area contributed by atoms with Gasteiger partial charge in [0.25, 0.3) is 0 Å². The molecule has 3 aromatic rings. The van der Waals surface area contributed by atoms with Gasteiger partial charge in [0.1, 0.15) is 18.1 Å². The van der Waals surface area contributed by atoms with E-state index < -0.39 is 0 Å². The topological polar surface area (TPSA) is 60.5 Å². The highest BCUT2D eigenvalue weighted by atomic mass is 32.1. The monoisotopic (exact) mass is 380 g/mol. The number of nitrogens with zero attached hydrogens (tertiary/aromatic N) is 1. The zero-order valence-electron chi connectivity index (χ0n) is 15.2. The number of para-hydroxylation sites is 1. The minimum Gasteiger partial charge on any atom is -0.497 e. The molecule has 1 atom stereocenters. The maximum absolute atomic E-state index is 12.7. The second-order valence-electron chi connectivity index (χ2n) is 6.46. The minimum atomic E-state index is -0.214. The summed E-state index contributed by atoms with van der Waals surface area (Å²) in [7, 11) is 1.64. The third-order valence-corrected chi connectivity index (χ3v) is 5.53. The summed E-state index contributed by atoms with van der Waals surface area (Å²) >= 11 is 1.48. The zero-order chi connectivity index (χ0) is 18.8. The largest absolute Gasteiger partial charge is 0.497 e. The number of anilines is 1. The summed E-state index contributed by atoms with van der Waals surface area (Å²) in [5, 5.41) is 3.57. The Morgan fingerprint density at radius 1 is 1.22 bits per heavy atom. The summed E-state index contributed by atoms with van der Waals surface area (Å²) in [5.41, 5.74) is 2.95. The molecule has 2 aromatic carbocycles. The van der Waals surface area contributed by atoms with Crippen LogP contribution in [0.15, 0.2) is 48.5 Å². The number of thiazole rings is 1. The molecule has 1 aliphatic heterocycles. The van der Waals surface area contributed by atoms with Crippen molar-refractivity contribution in [1.82, 2.24) is 4.98 Å². The molecule has 4 rings (SSSR count). The molecule has 0 fully saturated rings. The number of nitrogens with one attached hydrogen (secondary N) is 1. The van der Waals surface area contributed by atoms with Gasteiger partial charge in [0.2, 0.25) is 5.91 Å². The van der Waals surface area contributed by atoms with E-state index in [4.69, 9.17) is 9.47 Å². The lowest BCUT2D eigenvalue weighted by Crippen LogP contribution is -2.32. The van der Waals surface area contributed by atoms with Crippen molar-refractivity contribution in [2.24, 2.45) is 5.92 Å². The lowest BCUT2D eigenvalue weighted by atomic mass is 9.96. The molecule has 2 heterocycles. The third kappa shape index (κ3) is 3.66. The van der Waals surface area contributed by atoms with Crippen molar-refractivity contribution in [3.63, 3.8) is 0 Å². The number of hydrogen-bond donors (Lipinski definition) is 1. The summed E-state index contributed by atoms with van der Waals surface area (Å²) in [6, 6.07) is 15.6. The van der Waals surface area contributed by atoms with E-state index >= 15 is 0 Å². The highest BCUT2D eigenvalue weighted by molar-refractivity contribution is 7.16. The van der Waals surface area contributed by atoms with E-state index in [-0.39, 0.29) is 11.8 Å². The summed E-state index contributed by atoms with van der Waals surface area (Å²) in [4.78, 5) is 18.4. The molecule has 1 aromatic heterocycles. The van der Waals surface area contributed by atoms with Crippen LogP contribution in [0.4, 0.5) is 5.13 Å². The fraction of sp³-hybridized carbons (Fsp3) is 0.238. The molecule has 6 heteroatoms. The van der Waals surface area contributed by atoms with Gasteiger partial charge in [-0.05, 0) is 49.2 Å². The molecule has 0 bridgehead atoms. The Bertz CT molecular complexity index is 966. The predicted molar refractivity (Wildman–Crippen MR) is 107 cm³/mol. The molecule has 0 unspecified atom stereocenters. The van der Waals surface area contributed by atoms with Gasteiger partial charge in [-0.1, -0.05) is 18.2 Å². The first-order valence-corrected chi connectivity index (χ1v) is 9.59. The van der Waals surface area contributed by atoms with Crippen LogP contribution in [0.1, 0.15) is 10.4 Å². The summed E-state index contributed by atoms with van der Waals surface area (Å²) in [6.07, 6.45) is 0.678. The molecule has 0 radical (unpaired) electrons. The first kappa shape index (κ1) is 17.5. The number of rotatable bonds is 4. The molecule has 1 aliphatic rings. The van der Waals surface area contributed by atoms with Gasteiger partial charge >= 0.3 is 0 Å². The SMILES string of the molecule is COc1ccc(-c2nc(NC(=O)[C@H]3COc4ccccc4C3)sc2C)cc1. The van der Waals surface area contributed by atoms with Gasteiger partial charge in [0.05, 0.1) is 18.7 Å². The van der Waals surface area contributed by atoms with Gasteiger partial charge < -0.3 is 14.8 Å². The van der Waals surface area contributed by atoms with Crippen molar-refractivity contribution in [2.45, 2.75) is 13.3 Å². The normalized spacial score (nSPS) is 15.6. The predicted octanol–water partition coefficient (Wildman–Crippen LogP) is 4.32. The fourth-order valence-corrected chi connectivity index (χ4v) is 4.01. The number of aromatic nitrogens is 1. The Kier molecular flexibility index (Phi) is 4.81. The Labute approximate surface area is 162 Å². The maximum Gasteiger partial charge on any atom is 0.233 e. The van der Waals surface area contributed by atoms with Gasteiger partial charge in [-0.25, -0.2) is 4.98 Å². The van der Waals surface area contributed by atoms with Gasteiger partial charge in [0, 0.05) is 10.4 Å². The quantitative estimate of drug-likeness (QED) is 0.732. The molecule has 0 saturated heterocycles. The third-order valence-electron chi connectivity index (χ3n) is 4.64. The van der Waals surface area contributed by atoms with Crippen LogP contribution in [-0.4, -0.2) is 24.6 Å². The fourth-order valence-electron chi connectivity index (χ4n) is 3.17. The first-order valence-electron chi connectivity index (χ1n) is 8.77. The second kappa shape index (κ2) is 7.40. The Balaban J connectivity index is 1.48. The number of ether oxygens (including phenoxy) is 2. The number of aryl methyl sites for hydroxylation is 1. The maximum atomic E-state index is 12.7. The molecular formula is C21H20N2O3S. The Morgan fingerprint density at radius 2 is 2.00 bits per heavy atom. The summed E-state index contributed by atoms with van der Waals surface area (Å²) in [5.74, 6) is 1.40. The van der Waals surface area contributed by atoms with Crippen molar-refractivity contribution in [2.75, 3.05) is 19.0 Å². The molecule has 1 amide bonds. The van der Waals surface area contributed by atoms with Crippen molar-refractivity contribution in [1.29, 1.82) is 0 Å². The standard InChI is InChI=1S/C21H20N2O3S/c1-13-19(14-7-9-17(25-2)10-8-14)22-21(27-13)23-20(24)16-11-15-5-3-4-6-18(15)26-12-16/h3-10,16H,11-12H2,1-2H3,(H,22,23,24)/t16-/m1/s1. The van der Waals surface area contributed by atoms with Crippen molar-refractivity contribution < 1.29 is 14.3 Å². The molecule has 0 aliphatic carbocycles. The summed E-state index contributed by atoms with van der Waals surface area (Å²) in [6.45, 7) is 2.39. The van der Waals surface area contributed by atoms with Crippen molar-refractivity contribution >= 4 is 22.4 Å². The van der Waals surface area contributed by atoms with Gasteiger partial charge in [0.15, 0.2) is 5.13 Å². The van der Waals surface area contributed by atoms with E-state index in [1.165, 1.54) is 11.3 Å². The van der Waals surface area contributed by atoms with E-state index in [1.54, 1.807) is 7.11 Å². The molecular weight excluding hydrogens is 360 g/mol. The smallest absolute Gasteiger partial charge is 0.233 e. The lowest BCUT2D eigenvalue weighted by molar-refractivity contribution is -0.121. The van der Waals surface area contributed by atoms with E-state index in [0.29, 0.717) is 18.2 Å². The molecule has 1 N–H and O–H groups in total. The van der Waals surface area contributed by atoms with Crippen LogP contribution >= 0.6 is 11.3 Å². The van der Waals surface area contributed by atoms with Crippen LogP contribution in [0.2, 0.25) is 0 Å². The average molecular weight is 380 g/mol. The van der Waals surface area contributed by atoms with E-state index in [0.717, 1.165) is 33.2 Å². The average Bonchev–Trinajstić information content (AvgIpc) is 3.07. The number of benzene rings is 2. The number of carbonyl (C=O) groups is 1. The summed E-state index contributed by atoms with van der Waals surface area (Å²) < 4.78 is 10.9. The van der Waals surface area contributed by atoms with Gasteiger partial charge in [-0.15, -0.1) is 11.3 Å².